The number of aliphatic hydroxyl groups is 2. The Morgan fingerprint density at radius 3 is 1.98 bits per heavy atom. The zero-order valence-electron chi connectivity index (χ0n) is 53.3. The Bertz CT molecular complexity index is 3990. The Morgan fingerprint density at radius 2 is 1.34 bits per heavy atom. The van der Waals surface area contributed by atoms with Crippen molar-refractivity contribution in [3.8, 4) is 5.75 Å². The number of H-pyrrole nitrogens is 3. The number of hydrogen-bond donors (Lipinski definition) is 17. The summed E-state index contributed by atoms with van der Waals surface area (Å²) in [6.07, 6.45) is 0.0625. The molecule has 8 amide bonds. The number of imidazole rings is 1. The van der Waals surface area contributed by atoms with Gasteiger partial charge in [0.05, 0.1) is 37.4 Å². The molecule has 0 spiro atoms. The summed E-state index contributed by atoms with van der Waals surface area (Å²) in [6.45, 7) is 0.471. The first-order chi connectivity index (χ1) is 46.9. The van der Waals surface area contributed by atoms with Crippen LogP contribution in [0.1, 0.15) is 66.1 Å². The van der Waals surface area contributed by atoms with Gasteiger partial charge >= 0.3 is 5.97 Å². The molecule has 2 unspecified atom stereocenters. The third-order valence-corrected chi connectivity index (χ3v) is 19.3. The van der Waals surface area contributed by atoms with E-state index >= 15 is 9.59 Å². The molecule has 32 heteroatoms. The third kappa shape index (κ3) is 19.4. The first kappa shape index (κ1) is 72.8. The molecule has 7 aromatic rings. The summed E-state index contributed by atoms with van der Waals surface area (Å²) in [6, 6.07) is 10.6. The maximum atomic E-state index is 15.2. The molecule has 5 heterocycles. The third-order valence-electron chi connectivity index (χ3n) is 17.1. The number of phenolic OH excluding ortho intramolecular Hbond substituents is 1. The maximum Gasteiger partial charge on any atom is 0.305 e. The number of nitrogens with zero attached hydrogens (tertiary/aromatic N) is 2. The highest BCUT2D eigenvalue weighted by molar-refractivity contribution is 7.98. The number of aliphatic carboxylic acids is 1. The van der Waals surface area contributed by atoms with Crippen molar-refractivity contribution in [3.63, 3.8) is 0 Å². The lowest BCUT2D eigenvalue weighted by Crippen LogP contribution is -2.64. The topological polar surface area (TPSA) is 446 Å². The highest BCUT2D eigenvalue weighted by Crippen LogP contribution is 2.32. The van der Waals surface area contributed by atoms with E-state index in [-0.39, 0.29) is 68.8 Å². The summed E-state index contributed by atoms with van der Waals surface area (Å²) in [4.78, 5) is 142. The van der Waals surface area contributed by atoms with Gasteiger partial charge in [0.1, 0.15) is 59.5 Å². The minimum Gasteiger partial charge on any atom is -0.508 e. The van der Waals surface area contributed by atoms with E-state index in [2.05, 4.69) is 62.5 Å². The molecule has 2 aliphatic rings. The van der Waals surface area contributed by atoms with Crippen LogP contribution < -0.4 is 54.0 Å². The number of amides is 8. The van der Waals surface area contributed by atoms with Crippen molar-refractivity contribution in [3.05, 3.63) is 155 Å². The van der Waals surface area contributed by atoms with Crippen LogP contribution in [0.2, 0.25) is 0 Å². The molecular formula is C66H79F2N15O13S2. The van der Waals surface area contributed by atoms with E-state index in [1.807, 2.05) is 24.3 Å². The molecule has 2 aliphatic heterocycles. The average molecular weight is 1390 g/mol. The van der Waals surface area contributed by atoms with Crippen LogP contribution in [-0.4, -0.2) is 190 Å². The normalized spacial score (nSPS) is 24.3. The predicted molar refractivity (Wildman–Crippen MR) is 360 cm³/mol. The van der Waals surface area contributed by atoms with Crippen LogP contribution in [0.3, 0.4) is 0 Å². The Morgan fingerprint density at radius 1 is 0.714 bits per heavy atom. The number of aromatic hydroxyl groups is 1. The molecule has 1 saturated heterocycles. The van der Waals surface area contributed by atoms with E-state index in [1.165, 1.54) is 114 Å². The fourth-order valence-electron chi connectivity index (χ4n) is 11.8. The molecule has 522 valence electrons. The highest BCUT2D eigenvalue weighted by Gasteiger charge is 2.48. The highest BCUT2D eigenvalue weighted by atomic mass is 32.2. The number of carbonyl (C=O) groups is 9. The first-order valence-corrected chi connectivity index (χ1v) is 33.9. The Kier molecular flexibility index (Phi) is 25.0. The van der Waals surface area contributed by atoms with Gasteiger partial charge < -0.3 is 89.0 Å². The Balaban J connectivity index is 1.05. The number of phenols is 1. The van der Waals surface area contributed by atoms with Gasteiger partial charge in [-0.25, -0.2) is 13.8 Å². The quantitative estimate of drug-likeness (QED) is 0.0744. The molecule has 1 fully saturated rings. The van der Waals surface area contributed by atoms with Crippen molar-refractivity contribution in [2.45, 2.75) is 130 Å². The van der Waals surface area contributed by atoms with Gasteiger partial charge in [0.25, 0.3) is 0 Å². The SMILES string of the molecule is C[C@@]12CCCN1C(=O)[C@H](Cc1ccc(O)cc1)NC(=O)[C@H](Cc1cnc[nH]1)NC(=O)[C@H](CC(=O)O)NC(O)[C@H](Cc1c[nH]c3ccc(F)cc13)NC(=O)[C@H](Cc1c[nH]c3ccc(F)cc13)NC(=O)CNC(=O)[C@@H](CN)NC(=O)CCSCc1cccc(c1)CSC[C@@H](C(N)O)NC2=O. The minimum atomic E-state index is -2.11. The number of carboxylic acids is 1. The number of hydrogen-bond acceptors (Lipinski definition) is 18. The summed E-state index contributed by atoms with van der Waals surface area (Å²) in [7, 11) is 0. The maximum absolute atomic E-state index is 15.2. The lowest BCUT2D eigenvalue weighted by Gasteiger charge is -2.38. The fourth-order valence-corrected chi connectivity index (χ4v) is 13.7. The summed E-state index contributed by atoms with van der Waals surface area (Å²) in [5.41, 5.74) is 14.5. The zero-order valence-corrected chi connectivity index (χ0v) is 54.9. The summed E-state index contributed by atoms with van der Waals surface area (Å²) < 4.78 is 29.7. The predicted octanol–water partition coefficient (Wildman–Crippen LogP) is 0.590. The Hall–Kier alpha value is -9.44. The van der Waals surface area contributed by atoms with Crippen LogP contribution in [0.25, 0.3) is 21.8 Å². The number of benzene rings is 4. The number of halogens is 2. The molecule has 9 rings (SSSR count). The van der Waals surface area contributed by atoms with Crippen molar-refractivity contribution in [2.75, 3.05) is 31.1 Å². The van der Waals surface area contributed by atoms with Crippen molar-refractivity contribution < 1.29 is 72.4 Å². The summed E-state index contributed by atoms with van der Waals surface area (Å²) >= 11 is 2.83. The number of aromatic amines is 3. The number of aromatic nitrogens is 4. The minimum absolute atomic E-state index is 0.0155. The number of nitrogens with one attached hydrogen (secondary N) is 11. The second-order valence-corrected chi connectivity index (χ2v) is 26.5. The van der Waals surface area contributed by atoms with Crippen LogP contribution in [-0.2, 0) is 80.3 Å². The van der Waals surface area contributed by atoms with Gasteiger partial charge in [-0.1, -0.05) is 36.4 Å². The monoisotopic (exact) mass is 1390 g/mol. The van der Waals surface area contributed by atoms with Gasteiger partial charge in [0, 0.05) is 108 Å². The number of rotatable bonds is 12. The Labute approximate surface area is 569 Å². The smallest absolute Gasteiger partial charge is 0.305 e. The number of carbonyl (C=O) groups excluding carboxylic acids is 8. The summed E-state index contributed by atoms with van der Waals surface area (Å²) in [5.74, 6) is -8.37. The lowest BCUT2D eigenvalue weighted by molar-refractivity contribution is -0.147. The van der Waals surface area contributed by atoms with Crippen molar-refractivity contribution in [2.24, 2.45) is 11.5 Å². The summed E-state index contributed by atoms with van der Waals surface area (Å²) in [5, 5.41) is 65.5. The second kappa shape index (κ2) is 33.7. The number of thioether (sulfide) groups is 2. The van der Waals surface area contributed by atoms with Gasteiger partial charge in [-0.2, -0.15) is 23.5 Å². The molecule has 98 heavy (non-hydrogen) atoms. The molecule has 0 radical (unpaired) electrons. The fraction of sp³-hybridized carbons (Fsp3) is 0.394. The number of aliphatic hydroxyl groups excluding tert-OH is 2. The number of nitrogens with two attached hydrogens (primary N) is 2. The van der Waals surface area contributed by atoms with E-state index in [0.29, 0.717) is 62.2 Å². The van der Waals surface area contributed by atoms with Crippen LogP contribution in [0.5, 0.6) is 5.75 Å². The molecule has 0 saturated carbocycles. The average Bonchev–Trinajstić information content (AvgIpc) is 1.58. The number of carboxylic acid groups (broad SMARTS) is 1. The lowest BCUT2D eigenvalue weighted by atomic mass is 9.95. The van der Waals surface area contributed by atoms with Gasteiger partial charge in [-0.05, 0) is 103 Å². The standard InChI is InChI=1S/C66H79F2N15O13S2/c1-66-15-3-16-83(66)64(95)52(19-35-6-10-43(84)11-7-35)81-62(93)50(24-42-29-71-34-75-42)79-63(94)51(25-57(87)88)80-61(92)49(21-39-28-73-47-13-9-41(68)23-45(39)47)78-60(91)48(20-38-27-72-46-12-8-40(67)22-44(38)46)76-56(86)30-74-59(90)53(26-69)77-55(85)14-17-97-31-36-4-2-5-37(18-36)32-98-33-54(58(70)89)82-65(66)96/h2,4-13,18,22-23,27-29,34,48-54,58,61,72-73,80,84,89,92H,3,14-17,19-21,24-26,30-33,69-70H2,1H3,(H,71,75)(H,74,90)(H,76,86)(H,77,85)(H,78,91)(H,79,94)(H,81,93)(H,82,96)(H,87,88)/t48-,49-,50-,51-,52-,53+,54-,58?,61?,66-/m0/s1. The van der Waals surface area contributed by atoms with E-state index in [1.54, 1.807) is 6.92 Å². The van der Waals surface area contributed by atoms with Gasteiger partial charge in [-0.15, -0.1) is 0 Å². The van der Waals surface area contributed by atoms with E-state index < -0.39 is 138 Å². The van der Waals surface area contributed by atoms with Crippen molar-refractivity contribution in [1.29, 1.82) is 0 Å². The molecule has 28 nitrogen and oxygen atoms in total. The zero-order chi connectivity index (χ0) is 70.2. The number of fused-ring (bicyclic) bond motifs is 5. The molecule has 4 aromatic carbocycles. The van der Waals surface area contributed by atoms with Gasteiger partial charge in [0.15, 0.2) is 0 Å². The molecule has 3 aromatic heterocycles. The van der Waals surface area contributed by atoms with Crippen LogP contribution >= 0.6 is 23.5 Å². The van der Waals surface area contributed by atoms with Crippen molar-refractivity contribution >= 4 is 98.6 Å². The van der Waals surface area contributed by atoms with Crippen LogP contribution in [0.4, 0.5) is 8.78 Å². The van der Waals surface area contributed by atoms with Gasteiger partial charge in [0.2, 0.25) is 47.3 Å². The molecule has 19 N–H and O–H groups in total. The molecule has 10 atom stereocenters. The van der Waals surface area contributed by atoms with Crippen LogP contribution in [0.15, 0.2) is 110 Å². The largest absolute Gasteiger partial charge is 0.508 e. The van der Waals surface area contributed by atoms with E-state index in [9.17, 15) is 62.8 Å². The molecule has 2 bridgehead atoms. The van der Waals surface area contributed by atoms with E-state index in [4.69, 9.17) is 11.5 Å². The second-order valence-electron chi connectivity index (χ2n) is 24.3. The van der Waals surface area contributed by atoms with Crippen LogP contribution in [0, 0.1) is 11.6 Å². The molecule has 0 aliphatic carbocycles. The van der Waals surface area contributed by atoms with Crippen molar-refractivity contribution in [1.82, 2.24) is 67.4 Å². The van der Waals surface area contributed by atoms with E-state index in [0.717, 1.165) is 11.1 Å². The van der Waals surface area contributed by atoms with Gasteiger partial charge in [-0.3, -0.25) is 48.5 Å². The molecular weight excluding hydrogens is 1310 g/mol. The first-order valence-electron chi connectivity index (χ1n) is 31.6.